The van der Waals surface area contributed by atoms with E-state index in [9.17, 15) is 9.59 Å². The lowest BCUT2D eigenvalue weighted by molar-refractivity contribution is -0.126. The first-order valence-electron chi connectivity index (χ1n) is 6.94. The summed E-state index contributed by atoms with van der Waals surface area (Å²) in [5, 5.41) is 5.60. The largest absolute Gasteiger partial charge is 0.352 e. The minimum atomic E-state index is -0.131. The van der Waals surface area contributed by atoms with E-state index in [2.05, 4.69) is 26.6 Å². The Bertz CT molecular complexity index is 467. The van der Waals surface area contributed by atoms with Gasteiger partial charge in [0.25, 0.3) is 0 Å². The van der Waals surface area contributed by atoms with Crippen LogP contribution < -0.4 is 10.6 Å². The van der Waals surface area contributed by atoms with Crippen LogP contribution in [0.15, 0.2) is 28.7 Å². The maximum absolute atomic E-state index is 11.7. The number of benzene rings is 1. The van der Waals surface area contributed by atoms with Crippen LogP contribution in [0.5, 0.6) is 0 Å². The van der Waals surface area contributed by atoms with Crippen LogP contribution in [-0.2, 0) is 16.0 Å². The summed E-state index contributed by atoms with van der Waals surface area (Å²) in [5.41, 5.74) is 0.932. The molecule has 1 aromatic rings. The fourth-order valence-electron chi connectivity index (χ4n) is 2.38. The average Bonchev–Trinajstić information content (AvgIpc) is 2.92. The molecule has 20 heavy (non-hydrogen) atoms. The summed E-state index contributed by atoms with van der Waals surface area (Å²) < 4.78 is 0.984. The fourth-order valence-corrected chi connectivity index (χ4v) is 2.64. The maximum Gasteiger partial charge on any atom is 0.239 e. The summed E-state index contributed by atoms with van der Waals surface area (Å²) in [6.45, 7) is 0.0614. The first kappa shape index (κ1) is 15.0. The van der Waals surface area contributed by atoms with E-state index >= 15 is 0 Å². The topological polar surface area (TPSA) is 58.2 Å². The number of hydrogen-bond acceptors (Lipinski definition) is 2. The van der Waals surface area contributed by atoms with Crippen LogP contribution in [-0.4, -0.2) is 24.4 Å². The van der Waals surface area contributed by atoms with Gasteiger partial charge in [-0.25, -0.2) is 0 Å². The van der Waals surface area contributed by atoms with Crippen LogP contribution in [0.1, 0.15) is 31.2 Å². The molecule has 5 heteroatoms. The Kier molecular flexibility index (Phi) is 5.59. The molecule has 2 N–H and O–H groups in total. The average molecular weight is 339 g/mol. The number of nitrogens with one attached hydrogen (secondary N) is 2. The highest BCUT2D eigenvalue weighted by Gasteiger charge is 2.17. The molecule has 0 spiro atoms. The summed E-state index contributed by atoms with van der Waals surface area (Å²) in [4.78, 5) is 23.4. The highest BCUT2D eigenvalue weighted by atomic mass is 79.9. The minimum Gasteiger partial charge on any atom is -0.352 e. The quantitative estimate of drug-likeness (QED) is 0.864. The summed E-state index contributed by atoms with van der Waals surface area (Å²) >= 11 is 3.35. The molecule has 0 radical (unpaired) electrons. The number of halogens is 1. The van der Waals surface area contributed by atoms with Crippen molar-refractivity contribution in [2.75, 3.05) is 6.54 Å². The van der Waals surface area contributed by atoms with Gasteiger partial charge in [0.05, 0.1) is 13.0 Å². The zero-order chi connectivity index (χ0) is 14.4. The van der Waals surface area contributed by atoms with Crippen molar-refractivity contribution in [2.24, 2.45) is 0 Å². The standard InChI is InChI=1S/C15H19BrN2O2/c16-12-7-5-11(6-8-12)9-14(19)17-10-15(20)18-13-3-1-2-4-13/h5-8,13H,1-4,9-10H2,(H,17,19)(H,18,20). The van der Waals surface area contributed by atoms with Crippen LogP contribution in [0.25, 0.3) is 0 Å². The molecule has 1 fully saturated rings. The van der Waals surface area contributed by atoms with Gasteiger partial charge in [-0.15, -0.1) is 0 Å². The van der Waals surface area contributed by atoms with Gasteiger partial charge in [-0.2, -0.15) is 0 Å². The lowest BCUT2D eigenvalue weighted by Crippen LogP contribution is -2.41. The molecule has 1 saturated carbocycles. The van der Waals surface area contributed by atoms with Gasteiger partial charge in [0.15, 0.2) is 0 Å². The van der Waals surface area contributed by atoms with E-state index in [1.54, 1.807) is 0 Å². The number of amides is 2. The van der Waals surface area contributed by atoms with Crippen LogP contribution in [0.3, 0.4) is 0 Å². The zero-order valence-electron chi connectivity index (χ0n) is 11.3. The predicted octanol–water partition coefficient (Wildman–Crippen LogP) is 2.17. The molecular weight excluding hydrogens is 320 g/mol. The Labute approximate surface area is 127 Å². The second-order valence-electron chi connectivity index (χ2n) is 5.13. The van der Waals surface area contributed by atoms with E-state index < -0.39 is 0 Å². The van der Waals surface area contributed by atoms with Crippen molar-refractivity contribution < 1.29 is 9.59 Å². The lowest BCUT2D eigenvalue weighted by Gasteiger charge is -2.12. The molecule has 0 aliphatic heterocycles. The van der Waals surface area contributed by atoms with Crippen LogP contribution in [0.4, 0.5) is 0 Å². The summed E-state index contributed by atoms with van der Waals surface area (Å²) in [5.74, 6) is -0.227. The zero-order valence-corrected chi connectivity index (χ0v) is 12.9. The van der Waals surface area contributed by atoms with E-state index in [1.165, 1.54) is 12.8 Å². The van der Waals surface area contributed by atoms with E-state index in [0.29, 0.717) is 12.5 Å². The third-order valence-electron chi connectivity index (χ3n) is 3.44. The SMILES string of the molecule is O=C(Cc1ccc(Br)cc1)NCC(=O)NC1CCCC1. The lowest BCUT2D eigenvalue weighted by atomic mass is 10.1. The molecule has 2 rings (SSSR count). The number of rotatable bonds is 5. The molecule has 1 aliphatic rings. The van der Waals surface area contributed by atoms with Crippen molar-refractivity contribution in [3.63, 3.8) is 0 Å². The van der Waals surface area contributed by atoms with Crippen molar-refractivity contribution >= 4 is 27.7 Å². The van der Waals surface area contributed by atoms with E-state index in [1.807, 2.05) is 24.3 Å². The third kappa shape index (κ3) is 4.96. The molecule has 1 aliphatic carbocycles. The minimum absolute atomic E-state index is 0.0614. The van der Waals surface area contributed by atoms with Gasteiger partial charge in [0.1, 0.15) is 0 Å². The third-order valence-corrected chi connectivity index (χ3v) is 3.97. The van der Waals surface area contributed by atoms with Crippen LogP contribution >= 0.6 is 15.9 Å². The number of carbonyl (C=O) groups is 2. The Balaban J connectivity index is 1.69. The molecular formula is C15H19BrN2O2. The molecule has 1 aromatic carbocycles. The molecule has 108 valence electrons. The van der Waals surface area contributed by atoms with Crippen molar-refractivity contribution in [1.82, 2.24) is 10.6 Å². The molecule has 0 heterocycles. The highest BCUT2D eigenvalue weighted by Crippen LogP contribution is 2.17. The van der Waals surface area contributed by atoms with Crippen LogP contribution in [0, 0.1) is 0 Å². The second-order valence-corrected chi connectivity index (χ2v) is 6.04. The van der Waals surface area contributed by atoms with Crippen molar-refractivity contribution in [3.05, 3.63) is 34.3 Å². The Morgan fingerprint density at radius 2 is 1.75 bits per heavy atom. The first-order valence-corrected chi connectivity index (χ1v) is 7.73. The maximum atomic E-state index is 11.7. The molecule has 0 aromatic heterocycles. The monoisotopic (exact) mass is 338 g/mol. The molecule has 0 bridgehead atoms. The van der Waals surface area contributed by atoms with Crippen LogP contribution in [0.2, 0.25) is 0 Å². The van der Waals surface area contributed by atoms with E-state index in [-0.39, 0.29) is 18.4 Å². The smallest absolute Gasteiger partial charge is 0.239 e. The van der Waals surface area contributed by atoms with Gasteiger partial charge < -0.3 is 10.6 Å². The van der Waals surface area contributed by atoms with Gasteiger partial charge in [-0.3, -0.25) is 9.59 Å². The van der Waals surface area contributed by atoms with Crippen molar-refractivity contribution in [2.45, 2.75) is 38.1 Å². The number of hydrogen-bond donors (Lipinski definition) is 2. The van der Waals surface area contributed by atoms with Crippen molar-refractivity contribution in [1.29, 1.82) is 0 Å². The molecule has 0 saturated heterocycles. The van der Waals surface area contributed by atoms with Crippen molar-refractivity contribution in [3.8, 4) is 0 Å². The second kappa shape index (κ2) is 7.43. The summed E-state index contributed by atoms with van der Waals surface area (Å²) in [7, 11) is 0. The van der Waals surface area contributed by atoms with E-state index in [0.717, 1.165) is 22.9 Å². The Morgan fingerprint density at radius 1 is 1.10 bits per heavy atom. The Morgan fingerprint density at radius 3 is 2.40 bits per heavy atom. The molecule has 2 amide bonds. The fraction of sp³-hybridized carbons (Fsp3) is 0.467. The normalized spacial score (nSPS) is 15.1. The van der Waals surface area contributed by atoms with Gasteiger partial charge >= 0.3 is 0 Å². The van der Waals surface area contributed by atoms with E-state index in [4.69, 9.17) is 0 Å². The number of carbonyl (C=O) groups excluding carboxylic acids is 2. The van der Waals surface area contributed by atoms with Gasteiger partial charge in [0, 0.05) is 10.5 Å². The van der Waals surface area contributed by atoms with Gasteiger partial charge in [0.2, 0.25) is 11.8 Å². The molecule has 0 atom stereocenters. The Hall–Kier alpha value is -1.36. The summed E-state index contributed by atoms with van der Waals surface area (Å²) in [6.07, 6.45) is 4.77. The molecule has 4 nitrogen and oxygen atoms in total. The predicted molar refractivity (Wildman–Crippen MR) is 81.3 cm³/mol. The first-order chi connectivity index (χ1) is 9.63. The van der Waals surface area contributed by atoms with Gasteiger partial charge in [-0.05, 0) is 30.5 Å². The van der Waals surface area contributed by atoms with Gasteiger partial charge in [-0.1, -0.05) is 40.9 Å². The summed E-state index contributed by atoms with van der Waals surface area (Å²) in [6, 6.07) is 7.88. The highest BCUT2D eigenvalue weighted by molar-refractivity contribution is 9.10. The molecule has 0 unspecified atom stereocenters.